The zero-order valence-corrected chi connectivity index (χ0v) is 33.3. The van der Waals surface area contributed by atoms with Gasteiger partial charge in [0.15, 0.2) is 0 Å². The van der Waals surface area contributed by atoms with Crippen LogP contribution in [0.15, 0.2) is 0 Å². The maximum atomic E-state index is 12.5. The molecule has 0 aromatic heterocycles. The Bertz CT molecular complexity index is 764. The van der Waals surface area contributed by atoms with E-state index in [1.165, 1.54) is 83.5 Å². The van der Waals surface area contributed by atoms with E-state index in [2.05, 4.69) is 13.8 Å². The smallest absolute Gasteiger partial charge is 0.550 e. The van der Waals surface area contributed by atoms with Crippen LogP contribution in [-0.2, 0) is 19.7 Å². The standard InChI is InChI=1S/C33H64O7S.2Na/c1-3-5-7-9-11-13-15-17-19-21-23-25-27-30(29-31(34)35)33(32(36)37,41(38,39)40)28-26-24-22-20-18-16-14-12-10-8-6-4-2;;/h30H,3-29H2,1-2H3,(H,34,35)(H,36,37)(H,38,39,40);;/q;2*+1/p-2. The number of hydrogen-bond donors (Lipinski definition) is 1. The first-order chi connectivity index (χ1) is 19.6. The monoisotopic (exact) mass is 648 g/mol. The fourth-order valence-electron chi connectivity index (χ4n) is 6.08. The fraction of sp³-hybridized carbons (Fsp3) is 0.939. The summed E-state index contributed by atoms with van der Waals surface area (Å²) in [5.41, 5.74) is 0. The van der Waals surface area contributed by atoms with Gasteiger partial charge in [0.1, 0.15) is 4.75 Å². The van der Waals surface area contributed by atoms with Gasteiger partial charge in [-0.25, -0.2) is 0 Å². The molecule has 0 radical (unpaired) electrons. The van der Waals surface area contributed by atoms with Gasteiger partial charge in [-0.15, -0.1) is 0 Å². The van der Waals surface area contributed by atoms with Crippen LogP contribution in [0, 0.1) is 5.92 Å². The van der Waals surface area contributed by atoms with Crippen molar-refractivity contribution in [2.24, 2.45) is 5.92 Å². The van der Waals surface area contributed by atoms with Crippen LogP contribution in [0.3, 0.4) is 0 Å². The third-order valence-electron chi connectivity index (χ3n) is 8.69. The third kappa shape index (κ3) is 23.8. The molecule has 0 aliphatic rings. The molecular weight excluding hydrogens is 586 g/mol. The van der Waals surface area contributed by atoms with Crippen molar-refractivity contribution in [1.82, 2.24) is 0 Å². The van der Waals surface area contributed by atoms with Gasteiger partial charge in [0.2, 0.25) is 0 Å². The molecule has 0 heterocycles. The molecule has 10 heteroatoms. The number of carbonyl (C=O) groups excluding carboxylic acids is 2. The van der Waals surface area contributed by atoms with E-state index in [-0.39, 0.29) is 78.4 Å². The minimum absolute atomic E-state index is 0. The van der Waals surface area contributed by atoms with E-state index in [0.717, 1.165) is 51.4 Å². The number of unbranched alkanes of at least 4 members (excludes halogenated alkanes) is 22. The number of aliphatic carboxylic acids is 2. The van der Waals surface area contributed by atoms with Gasteiger partial charge in [0.25, 0.3) is 10.1 Å². The number of carboxylic acid groups (broad SMARTS) is 2. The Morgan fingerprint density at radius 1 is 0.581 bits per heavy atom. The Morgan fingerprint density at radius 3 is 1.16 bits per heavy atom. The molecule has 0 amide bonds. The molecule has 0 rings (SSSR count). The van der Waals surface area contributed by atoms with E-state index in [1.54, 1.807) is 0 Å². The van der Waals surface area contributed by atoms with Gasteiger partial charge < -0.3 is 19.8 Å². The Kier molecular flexibility index (Phi) is 35.3. The fourth-order valence-corrected chi connectivity index (χ4v) is 7.31. The minimum Gasteiger partial charge on any atom is -0.550 e. The Labute approximate surface area is 309 Å². The summed E-state index contributed by atoms with van der Waals surface area (Å²) in [6.45, 7) is 4.42. The van der Waals surface area contributed by atoms with Crippen molar-refractivity contribution in [3.8, 4) is 0 Å². The van der Waals surface area contributed by atoms with E-state index in [1.807, 2.05) is 0 Å². The van der Waals surface area contributed by atoms with Crippen molar-refractivity contribution < 1.29 is 91.9 Å². The third-order valence-corrected chi connectivity index (χ3v) is 10.3. The van der Waals surface area contributed by atoms with Gasteiger partial charge in [-0.2, -0.15) is 8.42 Å². The predicted molar refractivity (Wildman–Crippen MR) is 164 cm³/mol. The molecule has 0 saturated heterocycles. The van der Waals surface area contributed by atoms with Crippen molar-refractivity contribution in [3.63, 3.8) is 0 Å². The van der Waals surface area contributed by atoms with Crippen molar-refractivity contribution >= 4 is 22.1 Å². The summed E-state index contributed by atoms with van der Waals surface area (Å²) in [6.07, 6.45) is 24.7. The van der Waals surface area contributed by atoms with Gasteiger partial charge in [-0.1, -0.05) is 168 Å². The summed E-state index contributed by atoms with van der Waals surface area (Å²) in [5, 5.41) is 23.8. The van der Waals surface area contributed by atoms with Gasteiger partial charge in [0, 0.05) is 5.97 Å². The second kappa shape index (κ2) is 31.4. The Balaban J connectivity index is -0.00000800. The topological polar surface area (TPSA) is 135 Å². The molecule has 0 aromatic carbocycles. The van der Waals surface area contributed by atoms with Crippen LogP contribution in [0.5, 0.6) is 0 Å². The summed E-state index contributed by atoms with van der Waals surface area (Å²) in [4.78, 5) is 23.8. The summed E-state index contributed by atoms with van der Waals surface area (Å²) in [5.74, 6) is -4.71. The normalized spacial score (nSPS) is 13.5. The van der Waals surface area contributed by atoms with Crippen LogP contribution in [0.4, 0.5) is 0 Å². The van der Waals surface area contributed by atoms with Gasteiger partial charge in [-0.3, -0.25) is 4.55 Å². The van der Waals surface area contributed by atoms with Crippen molar-refractivity contribution in [2.75, 3.05) is 0 Å². The first-order valence-corrected chi connectivity index (χ1v) is 18.5. The molecule has 43 heavy (non-hydrogen) atoms. The summed E-state index contributed by atoms with van der Waals surface area (Å²) in [7, 11) is -5.10. The van der Waals surface area contributed by atoms with E-state index < -0.39 is 39.1 Å². The SMILES string of the molecule is CCCCCCCCCCCCCCC(CC(=O)[O-])C(CCCCCCCCCCCCCC)(C(=O)[O-])S(=O)(=O)O.[Na+].[Na+]. The molecule has 0 aromatic rings. The van der Waals surface area contributed by atoms with E-state index in [4.69, 9.17) is 0 Å². The zero-order chi connectivity index (χ0) is 30.8. The molecule has 0 bridgehead atoms. The number of carbonyl (C=O) groups is 2. The zero-order valence-electron chi connectivity index (χ0n) is 28.5. The van der Waals surface area contributed by atoms with E-state index >= 15 is 0 Å². The number of carboxylic acids is 2. The van der Waals surface area contributed by atoms with Crippen LogP contribution >= 0.6 is 0 Å². The molecule has 2 atom stereocenters. The molecule has 0 saturated carbocycles. The van der Waals surface area contributed by atoms with Crippen LogP contribution in [-0.4, -0.2) is 29.7 Å². The van der Waals surface area contributed by atoms with Crippen molar-refractivity contribution in [3.05, 3.63) is 0 Å². The number of hydrogen-bond acceptors (Lipinski definition) is 6. The second-order valence-corrected chi connectivity index (χ2v) is 13.9. The van der Waals surface area contributed by atoms with Crippen LogP contribution in [0.1, 0.15) is 187 Å². The average molecular weight is 649 g/mol. The summed E-state index contributed by atoms with van der Waals surface area (Å²) < 4.78 is 32.4. The maximum absolute atomic E-state index is 12.5. The molecule has 0 spiro atoms. The molecule has 7 nitrogen and oxygen atoms in total. The molecule has 1 N–H and O–H groups in total. The quantitative estimate of drug-likeness (QED) is 0.0681. The molecule has 2 unspecified atom stereocenters. The second-order valence-electron chi connectivity index (χ2n) is 12.2. The van der Waals surface area contributed by atoms with Gasteiger partial charge in [-0.05, 0) is 25.2 Å². The Morgan fingerprint density at radius 2 is 0.884 bits per heavy atom. The molecule has 244 valence electrons. The summed E-state index contributed by atoms with van der Waals surface area (Å²) in [6, 6.07) is 0. The summed E-state index contributed by atoms with van der Waals surface area (Å²) >= 11 is 0. The number of rotatable bonds is 31. The van der Waals surface area contributed by atoms with Crippen LogP contribution in [0.2, 0.25) is 0 Å². The Hall–Kier alpha value is 0.850. The first-order valence-electron chi connectivity index (χ1n) is 17.0. The van der Waals surface area contributed by atoms with E-state index in [9.17, 15) is 32.8 Å². The largest absolute Gasteiger partial charge is 1.00 e. The van der Waals surface area contributed by atoms with Gasteiger partial charge in [0.05, 0.1) is 5.97 Å². The van der Waals surface area contributed by atoms with Crippen LogP contribution < -0.4 is 69.3 Å². The van der Waals surface area contributed by atoms with Gasteiger partial charge >= 0.3 is 59.1 Å². The average Bonchev–Trinajstić information content (AvgIpc) is 2.90. The van der Waals surface area contributed by atoms with Crippen molar-refractivity contribution in [1.29, 1.82) is 0 Å². The maximum Gasteiger partial charge on any atom is 1.00 e. The predicted octanol–water partition coefficient (Wildman–Crippen LogP) is 1.31. The van der Waals surface area contributed by atoms with E-state index in [0.29, 0.717) is 12.8 Å². The minimum atomic E-state index is -5.10. The molecule has 0 aliphatic carbocycles. The van der Waals surface area contributed by atoms with Crippen LogP contribution in [0.25, 0.3) is 0 Å². The molecular formula is C33H62Na2O7S. The molecule has 0 fully saturated rings. The molecule has 0 aliphatic heterocycles. The first kappa shape index (κ1) is 48.2. The van der Waals surface area contributed by atoms with Crippen molar-refractivity contribution in [2.45, 2.75) is 192 Å².